The summed E-state index contributed by atoms with van der Waals surface area (Å²) < 4.78 is 11.5. The highest BCUT2D eigenvalue weighted by Gasteiger charge is 2.40. The molecule has 0 amide bonds. The van der Waals surface area contributed by atoms with Gasteiger partial charge in [-0.3, -0.25) is 13.9 Å². The summed E-state index contributed by atoms with van der Waals surface area (Å²) in [7, 11) is 7.28. The Morgan fingerprint density at radius 3 is 2.21 bits per heavy atom. The second-order valence-electron chi connectivity index (χ2n) is 9.85. The predicted octanol–water partition coefficient (Wildman–Crippen LogP) is 3.63. The summed E-state index contributed by atoms with van der Waals surface area (Å²) in [6, 6.07) is 18.2. The number of aryl methyl sites for hydroxylation is 1. The molecule has 34 heavy (non-hydrogen) atoms. The summed E-state index contributed by atoms with van der Waals surface area (Å²) in [4.78, 5) is 28.7. The lowest BCUT2D eigenvalue weighted by Crippen LogP contribution is -2.40. The molecule has 0 unspecified atom stereocenters. The molecule has 0 spiro atoms. The SMILES string of the molecule is CN(C)c1ccc([C@@H]2OCC(C)(C)n3c(-c4ccccc4)c4c(=O)n(C)c(=O)n(C)c4c32)cc1. The van der Waals surface area contributed by atoms with Crippen molar-refractivity contribution in [2.75, 3.05) is 25.6 Å². The summed E-state index contributed by atoms with van der Waals surface area (Å²) in [6.45, 7) is 4.68. The van der Waals surface area contributed by atoms with Crippen LogP contribution >= 0.6 is 0 Å². The summed E-state index contributed by atoms with van der Waals surface area (Å²) in [5.74, 6) is 0. The highest BCUT2D eigenvalue weighted by molar-refractivity contribution is 5.96. The van der Waals surface area contributed by atoms with Crippen molar-refractivity contribution in [3.05, 3.63) is 86.7 Å². The maximum Gasteiger partial charge on any atom is 0.331 e. The van der Waals surface area contributed by atoms with Crippen molar-refractivity contribution in [2.24, 2.45) is 14.1 Å². The van der Waals surface area contributed by atoms with Gasteiger partial charge in [0.2, 0.25) is 0 Å². The van der Waals surface area contributed by atoms with Crippen LogP contribution in [0.5, 0.6) is 0 Å². The van der Waals surface area contributed by atoms with Crippen molar-refractivity contribution < 1.29 is 4.74 Å². The van der Waals surface area contributed by atoms with Crippen LogP contribution in [0.2, 0.25) is 0 Å². The van der Waals surface area contributed by atoms with Crippen molar-refractivity contribution in [2.45, 2.75) is 25.5 Å². The number of rotatable bonds is 3. The number of nitrogens with zero attached hydrogens (tertiary/aromatic N) is 4. The zero-order chi connectivity index (χ0) is 24.4. The molecule has 0 fully saturated rings. The molecule has 1 aliphatic heterocycles. The van der Waals surface area contributed by atoms with Crippen LogP contribution in [0.4, 0.5) is 5.69 Å². The molecule has 7 nitrogen and oxygen atoms in total. The summed E-state index contributed by atoms with van der Waals surface area (Å²) in [5, 5.41) is 0.541. The van der Waals surface area contributed by atoms with Gasteiger partial charge in [0.05, 0.1) is 34.4 Å². The number of benzene rings is 2. The molecular formula is C27H30N4O3. The van der Waals surface area contributed by atoms with E-state index in [1.54, 1.807) is 11.6 Å². The summed E-state index contributed by atoms with van der Waals surface area (Å²) in [5.41, 5.74) is 4.21. The summed E-state index contributed by atoms with van der Waals surface area (Å²) in [6.07, 6.45) is -0.415. The van der Waals surface area contributed by atoms with Gasteiger partial charge in [-0.1, -0.05) is 42.5 Å². The number of aromatic nitrogens is 3. The minimum Gasteiger partial charge on any atom is -0.378 e. The van der Waals surface area contributed by atoms with Crippen molar-refractivity contribution >= 4 is 16.6 Å². The summed E-state index contributed by atoms with van der Waals surface area (Å²) >= 11 is 0. The van der Waals surface area contributed by atoms with Gasteiger partial charge in [0.15, 0.2) is 0 Å². The Labute approximate surface area is 198 Å². The van der Waals surface area contributed by atoms with E-state index in [4.69, 9.17) is 4.74 Å². The van der Waals surface area contributed by atoms with Crippen molar-refractivity contribution in [3.8, 4) is 11.3 Å². The first-order chi connectivity index (χ1) is 16.1. The molecule has 0 saturated carbocycles. The molecule has 176 valence electrons. The lowest BCUT2D eigenvalue weighted by molar-refractivity contribution is -0.00706. The third kappa shape index (κ3) is 3.15. The Bertz CT molecular complexity index is 1510. The first-order valence-corrected chi connectivity index (χ1v) is 11.4. The van der Waals surface area contributed by atoms with Crippen LogP contribution in [-0.4, -0.2) is 34.4 Å². The van der Waals surface area contributed by atoms with E-state index in [0.29, 0.717) is 17.5 Å². The molecule has 0 bridgehead atoms. The molecule has 7 heteroatoms. The molecule has 0 N–H and O–H groups in total. The van der Waals surface area contributed by atoms with Crippen molar-refractivity contribution in [1.82, 2.24) is 13.7 Å². The first-order valence-electron chi connectivity index (χ1n) is 11.4. The van der Waals surface area contributed by atoms with Crippen molar-refractivity contribution in [3.63, 3.8) is 0 Å². The van der Waals surface area contributed by atoms with E-state index in [9.17, 15) is 9.59 Å². The van der Waals surface area contributed by atoms with Crippen LogP contribution in [-0.2, 0) is 24.4 Å². The molecule has 4 aromatic rings. The van der Waals surface area contributed by atoms with Crippen molar-refractivity contribution in [1.29, 1.82) is 0 Å². The van der Waals surface area contributed by atoms with E-state index < -0.39 is 11.6 Å². The van der Waals surface area contributed by atoms with Crippen LogP contribution < -0.4 is 16.1 Å². The fourth-order valence-electron chi connectivity index (χ4n) is 5.07. The number of fused-ring (bicyclic) bond motifs is 3. The van der Waals surface area contributed by atoms with E-state index in [1.807, 2.05) is 49.3 Å². The van der Waals surface area contributed by atoms with Gasteiger partial charge in [0.1, 0.15) is 6.10 Å². The quantitative estimate of drug-likeness (QED) is 0.471. The molecule has 0 aliphatic carbocycles. The van der Waals surface area contributed by atoms with Crippen LogP contribution in [0.3, 0.4) is 0 Å². The average Bonchev–Trinajstić information content (AvgIpc) is 3.20. The second-order valence-corrected chi connectivity index (χ2v) is 9.85. The van der Waals surface area contributed by atoms with Gasteiger partial charge in [-0.25, -0.2) is 4.79 Å². The molecular weight excluding hydrogens is 428 g/mol. The lowest BCUT2D eigenvalue weighted by Gasteiger charge is -2.39. The van der Waals surface area contributed by atoms with Gasteiger partial charge < -0.3 is 14.2 Å². The fraction of sp³-hybridized carbons (Fsp3) is 0.333. The van der Waals surface area contributed by atoms with Crippen LogP contribution in [0, 0.1) is 0 Å². The third-order valence-electron chi connectivity index (χ3n) is 6.82. The Morgan fingerprint density at radius 2 is 1.59 bits per heavy atom. The van der Waals surface area contributed by atoms with Crippen LogP contribution in [0.15, 0.2) is 64.2 Å². The lowest BCUT2D eigenvalue weighted by atomic mass is 9.98. The Kier molecular flexibility index (Phi) is 5.06. The molecule has 0 radical (unpaired) electrons. The maximum absolute atomic E-state index is 13.6. The van der Waals surface area contributed by atoms with E-state index in [0.717, 1.165) is 28.2 Å². The Balaban J connectivity index is 1.94. The fourth-order valence-corrected chi connectivity index (χ4v) is 5.07. The number of anilines is 1. The smallest absolute Gasteiger partial charge is 0.331 e. The Morgan fingerprint density at radius 1 is 0.941 bits per heavy atom. The molecule has 1 atom stereocenters. The van der Waals surface area contributed by atoms with Gasteiger partial charge in [0, 0.05) is 33.9 Å². The topological polar surface area (TPSA) is 61.4 Å². The van der Waals surface area contributed by atoms with Gasteiger partial charge in [-0.15, -0.1) is 0 Å². The monoisotopic (exact) mass is 458 g/mol. The van der Waals surface area contributed by atoms with Crippen LogP contribution in [0.25, 0.3) is 22.2 Å². The highest BCUT2D eigenvalue weighted by atomic mass is 16.5. The van der Waals surface area contributed by atoms with Gasteiger partial charge in [0.25, 0.3) is 5.56 Å². The molecule has 3 heterocycles. The van der Waals surface area contributed by atoms with Crippen LogP contribution in [0.1, 0.15) is 31.2 Å². The zero-order valence-electron chi connectivity index (χ0n) is 20.5. The van der Waals surface area contributed by atoms with E-state index in [1.165, 1.54) is 11.6 Å². The third-order valence-corrected chi connectivity index (χ3v) is 6.82. The molecule has 0 saturated heterocycles. The largest absolute Gasteiger partial charge is 0.378 e. The second kappa shape index (κ2) is 7.74. The van der Waals surface area contributed by atoms with Gasteiger partial charge in [-0.05, 0) is 37.1 Å². The Hall–Kier alpha value is -3.58. The highest BCUT2D eigenvalue weighted by Crippen LogP contribution is 2.45. The molecule has 1 aliphatic rings. The van der Waals surface area contributed by atoms with E-state index in [2.05, 4.69) is 42.7 Å². The predicted molar refractivity (Wildman–Crippen MR) is 136 cm³/mol. The maximum atomic E-state index is 13.6. The minimum atomic E-state index is -0.430. The molecule has 5 rings (SSSR count). The zero-order valence-corrected chi connectivity index (χ0v) is 20.5. The number of hydrogen-bond donors (Lipinski definition) is 0. The standard InChI is InChI=1S/C27H30N4O3/c1-27(2)16-34-24(18-12-14-19(15-13-18)28(3)4)23-22-20(25(32)30(6)26(33)29(22)5)21(31(23)27)17-10-8-7-9-11-17/h7-15,24H,16H2,1-6H3/t24-/m0/s1. The minimum absolute atomic E-state index is 0.295. The van der Waals surface area contributed by atoms with Gasteiger partial charge >= 0.3 is 5.69 Å². The first kappa shape index (κ1) is 22.2. The molecule has 2 aromatic heterocycles. The van der Waals surface area contributed by atoms with E-state index in [-0.39, 0.29) is 11.2 Å². The normalized spacial score (nSPS) is 17.1. The number of ether oxygens (including phenoxy) is 1. The van der Waals surface area contributed by atoms with E-state index >= 15 is 0 Å². The average molecular weight is 459 g/mol. The van der Waals surface area contributed by atoms with Gasteiger partial charge in [-0.2, -0.15) is 0 Å². The number of hydrogen-bond acceptors (Lipinski definition) is 4. The molecule has 2 aromatic carbocycles.